The third kappa shape index (κ3) is 3.36. The molecule has 0 radical (unpaired) electrons. The standard InChI is InChI=1S/C16H27N3O/c1-5-7-14(20-6-2)16-18-13-8-9-17-10-12(13)15(19-16)11(3)4/h11,14,17H,5-10H2,1-4H3. The number of nitrogens with zero attached hydrogens (tertiary/aromatic N) is 2. The monoisotopic (exact) mass is 277 g/mol. The average molecular weight is 277 g/mol. The minimum absolute atomic E-state index is 0.0442. The van der Waals surface area contributed by atoms with Gasteiger partial charge < -0.3 is 10.1 Å². The molecule has 4 nitrogen and oxygen atoms in total. The molecule has 1 atom stereocenters. The predicted octanol–water partition coefficient (Wildman–Crippen LogP) is 3.12. The van der Waals surface area contributed by atoms with Crippen molar-refractivity contribution >= 4 is 0 Å². The van der Waals surface area contributed by atoms with E-state index in [0.717, 1.165) is 38.2 Å². The van der Waals surface area contributed by atoms with Gasteiger partial charge in [-0.1, -0.05) is 27.2 Å². The van der Waals surface area contributed by atoms with Crippen LogP contribution >= 0.6 is 0 Å². The Balaban J connectivity index is 2.40. The number of rotatable bonds is 6. The van der Waals surface area contributed by atoms with E-state index in [9.17, 15) is 0 Å². The molecule has 0 aliphatic carbocycles. The number of hydrogen-bond acceptors (Lipinski definition) is 4. The summed E-state index contributed by atoms with van der Waals surface area (Å²) in [5, 5.41) is 3.42. The number of hydrogen-bond donors (Lipinski definition) is 1. The molecule has 1 aliphatic heterocycles. The molecule has 20 heavy (non-hydrogen) atoms. The molecule has 1 N–H and O–H groups in total. The molecule has 0 saturated carbocycles. The molecular formula is C16H27N3O. The van der Waals surface area contributed by atoms with E-state index >= 15 is 0 Å². The zero-order valence-electron chi connectivity index (χ0n) is 13.2. The second kappa shape index (κ2) is 7.14. The van der Waals surface area contributed by atoms with Crippen molar-refractivity contribution in [1.82, 2.24) is 15.3 Å². The van der Waals surface area contributed by atoms with E-state index in [1.807, 2.05) is 6.92 Å². The zero-order chi connectivity index (χ0) is 14.5. The molecule has 0 amide bonds. The topological polar surface area (TPSA) is 47.0 Å². The molecular weight excluding hydrogens is 250 g/mol. The van der Waals surface area contributed by atoms with Crippen LogP contribution in [0.4, 0.5) is 0 Å². The lowest BCUT2D eigenvalue weighted by molar-refractivity contribution is 0.0489. The predicted molar refractivity (Wildman–Crippen MR) is 80.8 cm³/mol. The Morgan fingerprint density at radius 2 is 2.05 bits per heavy atom. The van der Waals surface area contributed by atoms with Crippen molar-refractivity contribution in [3.63, 3.8) is 0 Å². The molecule has 0 fully saturated rings. The van der Waals surface area contributed by atoms with Crippen LogP contribution < -0.4 is 5.32 Å². The van der Waals surface area contributed by atoms with Gasteiger partial charge in [-0.2, -0.15) is 0 Å². The largest absolute Gasteiger partial charge is 0.371 e. The van der Waals surface area contributed by atoms with Gasteiger partial charge in [0.05, 0.1) is 11.4 Å². The fourth-order valence-electron chi connectivity index (χ4n) is 2.76. The van der Waals surface area contributed by atoms with Gasteiger partial charge in [0.2, 0.25) is 0 Å². The van der Waals surface area contributed by atoms with Gasteiger partial charge >= 0.3 is 0 Å². The Morgan fingerprint density at radius 1 is 1.25 bits per heavy atom. The fourth-order valence-corrected chi connectivity index (χ4v) is 2.76. The summed E-state index contributed by atoms with van der Waals surface area (Å²) in [6.07, 6.45) is 3.12. The van der Waals surface area contributed by atoms with Crippen molar-refractivity contribution < 1.29 is 4.74 Å². The second-order valence-electron chi connectivity index (χ2n) is 5.71. The Morgan fingerprint density at radius 3 is 2.70 bits per heavy atom. The highest BCUT2D eigenvalue weighted by molar-refractivity contribution is 5.30. The smallest absolute Gasteiger partial charge is 0.157 e. The van der Waals surface area contributed by atoms with Gasteiger partial charge in [0.15, 0.2) is 5.82 Å². The lowest BCUT2D eigenvalue weighted by Gasteiger charge is -2.24. The van der Waals surface area contributed by atoms with Crippen LogP contribution in [0, 0.1) is 0 Å². The Bertz CT molecular complexity index is 440. The first-order valence-electron chi connectivity index (χ1n) is 7.89. The Labute approximate surface area is 122 Å². The first kappa shape index (κ1) is 15.4. The molecule has 0 spiro atoms. The van der Waals surface area contributed by atoms with Gasteiger partial charge in [0.25, 0.3) is 0 Å². The molecule has 0 aromatic carbocycles. The number of ether oxygens (including phenoxy) is 1. The summed E-state index contributed by atoms with van der Waals surface area (Å²) in [5.74, 6) is 1.31. The first-order valence-corrected chi connectivity index (χ1v) is 7.89. The van der Waals surface area contributed by atoms with Crippen molar-refractivity contribution in [2.75, 3.05) is 13.2 Å². The normalized spacial score (nSPS) is 16.2. The maximum Gasteiger partial charge on any atom is 0.157 e. The van der Waals surface area contributed by atoms with Crippen LogP contribution in [0.1, 0.15) is 75.3 Å². The maximum atomic E-state index is 5.85. The molecule has 2 heterocycles. The van der Waals surface area contributed by atoms with E-state index in [1.165, 1.54) is 17.0 Å². The van der Waals surface area contributed by atoms with Gasteiger partial charge in [-0.25, -0.2) is 9.97 Å². The quantitative estimate of drug-likeness (QED) is 0.868. The molecule has 0 bridgehead atoms. The molecule has 112 valence electrons. The van der Waals surface area contributed by atoms with E-state index in [2.05, 4.69) is 26.1 Å². The van der Waals surface area contributed by atoms with Crippen LogP contribution in [-0.4, -0.2) is 23.1 Å². The summed E-state index contributed by atoms with van der Waals surface area (Å²) in [5.41, 5.74) is 3.72. The van der Waals surface area contributed by atoms with Crippen molar-refractivity contribution in [3.05, 3.63) is 22.8 Å². The lowest BCUT2D eigenvalue weighted by Crippen LogP contribution is -2.28. The summed E-state index contributed by atoms with van der Waals surface area (Å²) in [4.78, 5) is 9.66. The Hall–Kier alpha value is -1.00. The summed E-state index contributed by atoms with van der Waals surface area (Å²) in [6.45, 7) is 11.2. The van der Waals surface area contributed by atoms with Crippen LogP contribution in [-0.2, 0) is 17.7 Å². The van der Waals surface area contributed by atoms with Gasteiger partial charge in [-0.05, 0) is 19.3 Å². The summed E-state index contributed by atoms with van der Waals surface area (Å²) in [6, 6.07) is 0. The van der Waals surface area contributed by atoms with Crippen LogP contribution in [0.15, 0.2) is 0 Å². The van der Waals surface area contributed by atoms with Crippen LogP contribution in [0.25, 0.3) is 0 Å². The summed E-state index contributed by atoms with van der Waals surface area (Å²) < 4.78 is 5.85. The van der Waals surface area contributed by atoms with E-state index in [4.69, 9.17) is 14.7 Å². The molecule has 1 unspecified atom stereocenters. The fraction of sp³-hybridized carbons (Fsp3) is 0.750. The molecule has 1 aromatic rings. The lowest BCUT2D eigenvalue weighted by atomic mass is 9.98. The van der Waals surface area contributed by atoms with Crippen molar-refractivity contribution in [2.24, 2.45) is 0 Å². The number of nitrogens with one attached hydrogen (secondary N) is 1. The summed E-state index contributed by atoms with van der Waals surface area (Å²) in [7, 11) is 0. The van der Waals surface area contributed by atoms with Crippen molar-refractivity contribution in [2.45, 2.75) is 65.5 Å². The molecule has 4 heteroatoms. The minimum Gasteiger partial charge on any atom is -0.371 e. The summed E-state index contributed by atoms with van der Waals surface area (Å²) >= 11 is 0. The van der Waals surface area contributed by atoms with E-state index in [-0.39, 0.29) is 6.10 Å². The second-order valence-corrected chi connectivity index (χ2v) is 5.71. The highest BCUT2D eigenvalue weighted by Crippen LogP contribution is 2.27. The van der Waals surface area contributed by atoms with Crippen molar-refractivity contribution in [3.8, 4) is 0 Å². The van der Waals surface area contributed by atoms with Gasteiger partial charge in [-0.3, -0.25) is 0 Å². The van der Waals surface area contributed by atoms with E-state index in [1.54, 1.807) is 0 Å². The zero-order valence-corrected chi connectivity index (χ0v) is 13.2. The highest BCUT2D eigenvalue weighted by atomic mass is 16.5. The molecule has 0 saturated heterocycles. The van der Waals surface area contributed by atoms with Crippen LogP contribution in [0.5, 0.6) is 0 Å². The molecule has 1 aromatic heterocycles. The van der Waals surface area contributed by atoms with Crippen molar-refractivity contribution in [1.29, 1.82) is 0 Å². The van der Waals surface area contributed by atoms with E-state index < -0.39 is 0 Å². The van der Waals surface area contributed by atoms with Gasteiger partial charge in [0, 0.05) is 31.7 Å². The van der Waals surface area contributed by atoms with Gasteiger partial charge in [-0.15, -0.1) is 0 Å². The van der Waals surface area contributed by atoms with E-state index in [0.29, 0.717) is 12.5 Å². The van der Waals surface area contributed by atoms with Gasteiger partial charge in [0.1, 0.15) is 6.10 Å². The third-order valence-electron chi connectivity index (χ3n) is 3.74. The molecule has 2 rings (SSSR count). The number of fused-ring (bicyclic) bond motifs is 1. The van der Waals surface area contributed by atoms with Crippen LogP contribution in [0.3, 0.4) is 0 Å². The Kier molecular flexibility index (Phi) is 5.49. The average Bonchev–Trinajstić information content (AvgIpc) is 2.45. The first-order chi connectivity index (χ1) is 9.67. The SMILES string of the molecule is CCCC(OCC)c1nc2c(c(C(C)C)n1)CNCC2. The minimum atomic E-state index is 0.0442. The molecule has 1 aliphatic rings. The van der Waals surface area contributed by atoms with Crippen LogP contribution in [0.2, 0.25) is 0 Å². The third-order valence-corrected chi connectivity index (χ3v) is 3.74. The maximum absolute atomic E-state index is 5.85. The number of aromatic nitrogens is 2. The highest BCUT2D eigenvalue weighted by Gasteiger charge is 2.22.